The van der Waals surface area contributed by atoms with Crippen LogP contribution >= 0.6 is 0 Å². The number of nitrogens with zero attached hydrogens (tertiary/aromatic N) is 2. The van der Waals surface area contributed by atoms with Gasteiger partial charge in [0.05, 0.1) is 11.6 Å². The van der Waals surface area contributed by atoms with Crippen LogP contribution in [-0.4, -0.2) is 37.2 Å². The van der Waals surface area contributed by atoms with E-state index < -0.39 is 0 Å². The van der Waals surface area contributed by atoms with Crippen molar-refractivity contribution in [3.8, 4) is 11.8 Å². The summed E-state index contributed by atoms with van der Waals surface area (Å²) in [6.07, 6.45) is 1.08. The first-order valence-corrected chi connectivity index (χ1v) is 5.89. The summed E-state index contributed by atoms with van der Waals surface area (Å²) >= 11 is 0. The van der Waals surface area contributed by atoms with E-state index in [2.05, 4.69) is 11.0 Å². The van der Waals surface area contributed by atoms with E-state index in [0.717, 1.165) is 31.8 Å². The van der Waals surface area contributed by atoms with E-state index in [4.69, 9.17) is 15.7 Å². The molecule has 4 nitrogen and oxygen atoms in total. The van der Waals surface area contributed by atoms with Gasteiger partial charge in [-0.15, -0.1) is 0 Å². The fraction of sp³-hybridized carbons (Fsp3) is 0.462. The number of hydrogen-bond donors (Lipinski definition) is 1. The van der Waals surface area contributed by atoms with Crippen molar-refractivity contribution in [2.45, 2.75) is 12.5 Å². The average Bonchev–Trinajstić information content (AvgIpc) is 2.76. The van der Waals surface area contributed by atoms with Gasteiger partial charge in [0.2, 0.25) is 0 Å². The molecule has 0 radical (unpaired) electrons. The van der Waals surface area contributed by atoms with E-state index in [1.54, 1.807) is 12.1 Å². The Labute approximate surface area is 102 Å². The lowest BCUT2D eigenvalue weighted by atomic mass is 10.2. The van der Waals surface area contributed by atoms with Gasteiger partial charge in [-0.3, -0.25) is 4.90 Å². The maximum absolute atomic E-state index is 8.66. The molecule has 90 valence electrons. The Morgan fingerprint density at radius 2 is 2.18 bits per heavy atom. The zero-order chi connectivity index (χ0) is 12.1. The van der Waals surface area contributed by atoms with Gasteiger partial charge in [-0.1, -0.05) is 0 Å². The molecule has 2 N–H and O–H groups in total. The van der Waals surface area contributed by atoms with Crippen LogP contribution in [-0.2, 0) is 0 Å². The summed E-state index contributed by atoms with van der Waals surface area (Å²) in [5, 5.41) is 8.66. The number of hydrogen-bond acceptors (Lipinski definition) is 4. The lowest BCUT2D eigenvalue weighted by Crippen LogP contribution is -2.29. The Hall–Kier alpha value is -1.57. The molecule has 1 aromatic rings. The summed E-state index contributed by atoms with van der Waals surface area (Å²) in [5.41, 5.74) is 6.48. The Morgan fingerprint density at radius 1 is 1.41 bits per heavy atom. The van der Waals surface area contributed by atoms with Crippen LogP contribution < -0.4 is 10.5 Å². The van der Waals surface area contributed by atoms with E-state index >= 15 is 0 Å². The van der Waals surface area contributed by atoms with E-state index in [-0.39, 0.29) is 0 Å². The molecule has 1 aliphatic rings. The van der Waals surface area contributed by atoms with Gasteiger partial charge in [0.25, 0.3) is 0 Å². The Morgan fingerprint density at radius 3 is 2.76 bits per heavy atom. The molecule has 1 saturated heterocycles. The second-order valence-corrected chi connectivity index (χ2v) is 4.33. The number of nitrogens with two attached hydrogens (primary N) is 1. The molecule has 0 aromatic heterocycles. The predicted molar refractivity (Wildman–Crippen MR) is 65.7 cm³/mol. The first-order valence-electron chi connectivity index (χ1n) is 5.89. The summed E-state index contributed by atoms with van der Waals surface area (Å²) in [6.45, 7) is 3.61. The lowest BCUT2D eigenvalue weighted by molar-refractivity contribution is 0.236. The molecule has 2 rings (SSSR count). The second kappa shape index (κ2) is 5.67. The molecular formula is C13H17N3O. The molecule has 1 aliphatic heterocycles. The number of benzene rings is 1. The first-order chi connectivity index (χ1) is 8.28. The van der Waals surface area contributed by atoms with Crippen molar-refractivity contribution in [2.75, 3.05) is 26.2 Å². The smallest absolute Gasteiger partial charge is 0.119 e. The fourth-order valence-corrected chi connectivity index (χ4v) is 1.98. The summed E-state index contributed by atoms with van der Waals surface area (Å²) < 4.78 is 5.61. The van der Waals surface area contributed by atoms with Gasteiger partial charge < -0.3 is 10.5 Å². The summed E-state index contributed by atoms with van der Waals surface area (Å²) in [4.78, 5) is 2.31. The van der Waals surface area contributed by atoms with Gasteiger partial charge in [0, 0.05) is 19.1 Å². The predicted octanol–water partition coefficient (Wildman–Crippen LogP) is 0.970. The minimum Gasteiger partial charge on any atom is -0.492 e. The third-order valence-corrected chi connectivity index (χ3v) is 2.97. The Bertz CT molecular complexity index is 396. The van der Waals surface area contributed by atoms with Crippen molar-refractivity contribution in [1.82, 2.24) is 4.90 Å². The van der Waals surface area contributed by atoms with E-state index in [9.17, 15) is 0 Å². The molecule has 0 aliphatic carbocycles. The molecule has 0 bridgehead atoms. The number of rotatable bonds is 4. The van der Waals surface area contributed by atoms with Crippen molar-refractivity contribution < 1.29 is 4.74 Å². The molecule has 1 heterocycles. The number of ether oxygens (including phenoxy) is 1. The zero-order valence-corrected chi connectivity index (χ0v) is 9.80. The number of likely N-dealkylation sites (tertiary alicyclic amines) is 1. The quantitative estimate of drug-likeness (QED) is 0.838. The highest BCUT2D eigenvalue weighted by Gasteiger charge is 2.18. The van der Waals surface area contributed by atoms with Crippen molar-refractivity contribution in [3.05, 3.63) is 29.8 Å². The van der Waals surface area contributed by atoms with Crippen LogP contribution in [0.4, 0.5) is 0 Å². The molecule has 4 heteroatoms. The van der Waals surface area contributed by atoms with Gasteiger partial charge >= 0.3 is 0 Å². The lowest BCUT2D eigenvalue weighted by Gasteiger charge is -2.15. The largest absolute Gasteiger partial charge is 0.492 e. The highest BCUT2D eigenvalue weighted by atomic mass is 16.5. The monoisotopic (exact) mass is 231 g/mol. The highest BCUT2D eigenvalue weighted by Crippen LogP contribution is 2.12. The van der Waals surface area contributed by atoms with Crippen LogP contribution in [0.15, 0.2) is 24.3 Å². The molecule has 0 spiro atoms. The number of nitriles is 1. The standard InChI is InChI=1S/C13H17N3O/c14-9-11-1-3-13(4-2-11)17-8-7-16-6-5-12(15)10-16/h1-4,12H,5-8,10,15H2. The summed E-state index contributed by atoms with van der Waals surface area (Å²) in [6, 6.07) is 9.59. The van der Waals surface area contributed by atoms with Crippen molar-refractivity contribution in [1.29, 1.82) is 5.26 Å². The summed E-state index contributed by atoms with van der Waals surface area (Å²) in [7, 11) is 0. The molecule has 0 amide bonds. The van der Waals surface area contributed by atoms with Crippen LogP contribution in [0.1, 0.15) is 12.0 Å². The van der Waals surface area contributed by atoms with Crippen LogP contribution in [0, 0.1) is 11.3 Å². The minimum absolute atomic E-state index is 0.324. The molecule has 1 atom stereocenters. The van der Waals surface area contributed by atoms with Crippen molar-refractivity contribution in [2.24, 2.45) is 5.73 Å². The van der Waals surface area contributed by atoms with E-state index in [0.29, 0.717) is 18.2 Å². The first kappa shape index (κ1) is 11.9. The SMILES string of the molecule is N#Cc1ccc(OCCN2CCC(N)C2)cc1. The van der Waals surface area contributed by atoms with Gasteiger partial charge in [-0.05, 0) is 37.2 Å². The maximum Gasteiger partial charge on any atom is 0.119 e. The third-order valence-electron chi connectivity index (χ3n) is 2.97. The molecule has 1 aromatic carbocycles. The third kappa shape index (κ3) is 3.45. The highest BCUT2D eigenvalue weighted by molar-refractivity contribution is 5.34. The average molecular weight is 231 g/mol. The van der Waals surface area contributed by atoms with Crippen LogP contribution in [0.25, 0.3) is 0 Å². The van der Waals surface area contributed by atoms with Gasteiger partial charge in [-0.2, -0.15) is 5.26 Å². The van der Waals surface area contributed by atoms with Gasteiger partial charge in [-0.25, -0.2) is 0 Å². The van der Waals surface area contributed by atoms with Gasteiger partial charge in [0.1, 0.15) is 12.4 Å². The van der Waals surface area contributed by atoms with Gasteiger partial charge in [0.15, 0.2) is 0 Å². The second-order valence-electron chi connectivity index (χ2n) is 4.33. The zero-order valence-electron chi connectivity index (χ0n) is 9.80. The molecular weight excluding hydrogens is 214 g/mol. The van der Waals surface area contributed by atoms with Crippen LogP contribution in [0.5, 0.6) is 5.75 Å². The molecule has 1 fully saturated rings. The summed E-state index contributed by atoms with van der Waals surface area (Å²) in [5.74, 6) is 0.812. The van der Waals surface area contributed by atoms with Crippen LogP contribution in [0.3, 0.4) is 0 Å². The topological polar surface area (TPSA) is 62.3 Å². The van der Waals surface area contributed by atoms with E-state index in [1.165, 1.54) is 0 Å². The Balaban J connectivity index is 1.73. The fourth-order valence-electron chi connectivity index (χ4n) is 1.98. The Kier molecular flexibility index (Phi) is 3.97. The maximum atomic E-state index is 8.66. The van der Waals surface area contributed by atoms with Crippen molar-refractivity contribution in [3.63, 3.8) is 0 Å². The normalized spacial score (nSPS) is 20.1. The van der Waals surface area contributed by atoms with Crippen molar-refractivity contribution >= 4 is 0 Å². The van der Waals surface area contributed by atoms with E-state index in [1.807, 2.05) is 12.1 Å². The molecule has 0 saturated carbocycles. The van der Waals surface area contributed by atoms with Crippen LogP contribution in [0.2, 0.25) is 0 Å². The minimum atomic E-state index is 0.324. The molecule has 17 heavy (non-hydrogen) atoms. The molecule has 1 unspecified atom stereocenters.